The Bertz CT molecular complexity index is 922. The van der Waals surface area contributed by atoms with Gasteiger partial charge in [0.1, 0.15) is 0 Å². The van der Waals surface area contributed by atoms with Crippen LogP contribution in [0.5, 0.6) is 0 Å². The van der Waals surface area contributed by atoms with Gasteiger partial charge in [0.05, 0.1) is 5.92 Å². The molecule has 2 aromatic rings. The van der Waals surface area contributed by atoms with Crippen molar-refractivity contribution in [2.75, 3.05) is 13.2 Å². The van der Waals surface area contributed by atoms with E-state index >= 15 is 0 Å². The summed E-state index contributed by atoms with van der Waals surface area (Å²) in [6.07, 6.45) is 0.795. The molecule has 0 aliphatic heterocycles. The van der Waals surface area contributed by atoms with Crippen LogP contribution in [0.2, 0.25) is 16.6 Å². The van der Waals surface area contributed by atoms with Gasteiger partial charge in [0.2, 0.25) is 0 Å². The third-order valence-electron chi connectivity index (χ3n) is 6.63. The molecule has 7 nitrogen and oxygen atoms in total. The summed E-state index contributed by atoms with van der Waals surface area (Å²) in [7, 11) is -1.89. The van der Waals surface area contributed by atoms with Gasteiger partial charge in [-0.05, 0) is 46.3 Å². The Balaban J connectivity index is 0.00000205. The Hall–Kier alpha value is -2.97. The molecule has 0 spiro atoms. The van der Waals surface area contributed by atoms with Crippen molar-refractivity contribution < 1.29 is 29.0 Å². The van der Waals surface area contributed by atoms with E-state index in [1.807, 2.05) is 30.3 Å². The van der Waals surface area contributed by atoms with Gasteiger partial charge < -0.3 is 20.0 Å². The topological polar surface area (TPSA) is 113 Å². The second kappa shape index (κ2) is 15.2. The molecule has 1 atom stereocenters. The van der Waals surface area contributed by atoms with Gasteiger partial charge in [-0.2, -0.15) is 0 Å². The smallest absolute Gasteiger partial charge is 0.312 e. The quantitative estimate of drug-likeness (QED) is 0.246. The van der Waals surface area contributed by atoms with Crippen LogP contribution in [0.3, 0.4) is 0 Å². The monoisotopic (exact) mass is 515 g/mol. The van der Waals surface area contributed by atoms with Crippen LogP contribution in [0, 0.1) is 0 Å². The van der Waals surface area contributed by atoms with Gasteiger partial charge in [-0.25, -0.2) is 0 Å². The molecule has 0 heterocycles. The number of hydrogen-bond donors (Lipinski definition) is 3. The van der Waals surface area contributed by atoms with E-state index in [-0.39, 0.29) is 18.9 Å². The lowest BCUT2D eigenvalue weighted by molar-refractivity contribution is -0.138. The highest BCUT2D eigenvalue weighted by Crippen LogP contribution is 2.42. The van der Waals surface area contributed by atoms with Crippen molar-refractivity contribution in [2.45, 2.75) is 70.5 Å². The van der Waals surface area contributed by atoms with Crippen LogP contribution in [0.4, 0.5) is 0 Å². The fraction of sp³-hybridized carbons (Fsp3) is 0.464. The first-order valence-electron chi connectivity index (χ1n) is 12.4. The maximum atomic E-state index is 12.3. The van der Waals surface area contributed by atoms with Crippen LogP contribution in [0.25, 0.3) is 0 Å². The Kier molecular flexibility index (Phi) is 13.1. The molecule has 0 aliphatic rings. The van der Waals surface area contributed by atoms with Crippen LogP contribution >= 0.6 is 0 Å². The SMILES string of the molecule is CC(C)[Si](OCCc1ccc([C@H](CNC(=O)c2ccccc2)C(=O)O)cc1)(C(C)C)C(C)C.O=CO. The zero-order chi connectivity index (χ0) is 27.3. The van der Waals surface area contributed by atoms with E-state index < -0.39 is 20.2 Å². The molecule has 0 aliphatic carbocycles. The summed E-state index contributed by atoms with van der Waals surface area (Å²) in [5.74, 6) is -2.03. The molecule has 2 aromatic carbocycles. The van der Waals surface area contributed by atoms with Gasteiger partial charge in [0.15, 0.2) is 8.32 Å². The average Bonchev–Trinajstić information content (AvgIpc) is 2.83. The normalized spacial score (nSPS) is 12.1. The molecule has 0 unspecified atom stereocenters. The largest absolute Gasteiger partial charge is 0.483 e. The molecule has 8 heteroatoms. The summed E-state index contributed by atoms with van der Waals surface area (Å²) in [6, 6.07) is 16.4. The summed E-state index contributed by atoms with van der Waals surface area (Å²) < 4.78 is 6.64. The molecule has 0 bridgehead atoms. The Morgan fingerprint density at radius 3 is 1.86 bits per heavy atom. The van der Waals surface area contributed by atoms with Gasteiger partial charge in [-0.15, -0.1) is 0 Å². The minimum absolute atomic E-state index is 0.0385. The number of nitrogens with one attached hydrogen (secondary N) is 1. The van der Waals surface area contributed by atoms with E-state index in [4.69, 9.17) is 14.3 Å². The third-order valence-corrected chi connectivity index (χ3v) is 12.8. The van der Waals surface area contributed by atoms with Crippen molar-refractivity contribution in [1.29, 1.82) is 0 Å². The standard InChI is InChI=1S/C27H39NO4Si.CH2O2/c1-19(2)33(20(3)4,21(5)6)32-17-16-22-12-14-23(15-13-22)25(27(30)31)18-28-26(29)24-10-8-7-9-11-24;2-1-3/h7-15,19-21,25H,16-18H2,1-6H3,(H,28,29)(H,30,31);1H,(H,2,3)/t25-;/m0./s1. The van der Waals surface area contributed by atoms with E-state index in [9.17, 15) is 14.7 Å². The summed E-state index contributed by atoms with van der Waals surface area (Å²) in [5, 5.41) is 19.3. The lowest BCUT2D eigenvalue weighted by Crippen LogP contribution is -2.48. The Labute approximate surface area is 216 Å². The lowest BCUT2D eigenvalue weighted by atomic mass is 9.97. The van der Waals surface area contributed by atoms with E-state index in [0.717, 1.165) is 12.0 Å². The van der Waals surface area contributed by atoms with Crippen molar-refractivity contribution >= 4 is 26.7 Å². The summed E-state index contributed by atoms with van der Waals surface area (Å²) in [5.41, 5.74) is 3.94. The van der Waals surface area contributed by atoms with Crippen LogP contribution in [0.1, 0.15) is 68.9 Å². The zero-order valence-corrected chi connectivity index (χ0v) is 23.2. The van der Waals surface area contributed by atoms with E-state index in [0.29, 0.717) is 34.4 Å². The number of carbonyl (C=O) groups excluding carboxylic acids is 1. The first-order chi connectivity index (χ1) is 17.0. The molecule has 2 rings (SSSR count). The van der Waals surface area contributed by atoms with Crippen LogP contribution < -0.4 is 5.32 Å². The number of carboxylic acid groups (broad SMARTS) is 2. The number of benzene rings is 2. The minimum Gasteiger partial charge on any atom is -0.483 e. The van der Waals surface area contributed by atoms with Gasteiger partial charge in [-0.3, -0.25) is 14.4 Å². The zero-order valence-electron chi connectivity index (χ0n) is 22.2. The van der Waals surface area contributed by atoms with E-state index in [1.54, 1.807) is 24.3 Å². The van der Waals surface area contributed by atoms with Gasteiger partial charge >= 0.3 is 5.97 Å². The molecule has 0 fully saturated rings. The summed E-state index contributed by atoms with van der Waals surface area (Å²) >= 11 is 0. The van der Waals surface area contributed by atoms with Crippen LogP contribution in [0.15, 0.2) is 54.6 Å². The molecule has 1 amide bonds. The van der Waals surface area contributed by atoms with E-state index in [1.165, 1.54) is 0 Å². The van der Waals surface area contributed by atoms with Crippen molar-refractivity contribution in [3.05, 3.63) is 71.3 Å². The highest BCUT2D eigenvalue weighted by Gasteiger charge is 2.44. The summed E-state index contributed by atoms with van der Waals surface area (Å²) in [6.45, 7) is 14.2. The van der Waals surface area contributed by atoms with Crippen LogP contribution in [-0.4, -0.2) is 50.0 Å². The van der Waals surface area contributed by atoms with Crippen LogP contribution in [-0.2, 0) is 20.4 Å². The highest BCUT2D eigenvalue weighted by atomic mass is 28.4. The number of amides is 1. The van der Waals surface area contributed by atoms with Gasteiger partial charge in [0, 0.05) is 18.7 Å². The van der Waals surface area contributed by atoms with Gasteiger partial charge in [-0.1, -0.05) is 84.0 Å². The molecule has 36 heavy (non-hydrogen) atoms. The number of rotatable bonds is 12. The molecule has 198 valence electrons. The van der Waals surface area contributed by atoms with Gasteiger partial charge in [0.25, 0.3) is 12.4 Å². The molecule has 0 saturated heterocycles. The molecule has 0 aromatic heterocycles. The Morgan fingerprint density at radius 2 is 1.42 bits per heavy atom. The minimum atomic E-state index is -1.89. The summed E-state index contributed by atoms with van der Waals surface area (Å²) in [4.78, 5) is 32.5. The predicted molar refractivity (Wildman–Crippen MR) is 145 cm³/mol. The molecule has 0 radical (unpaired) electrons. The molecular weight excluding hydrogens is 474 g/mol. The highest BCUT2D eigenvalue weighted by molar-refractivity contribution is 6.77. The van der Waals surface area contributed by atoms with Crippen molar-refractivity contribution in [3.63, 3.8) is 0 Å². The van der Waals surface area contributed by atoms with Crippen molar-refractivity contribution in [1.82, 2.24) is 5.32 Å². The molecular formula is C28H41NO6Si. The van der Waals surface area contributed by atoms with Crippen molar-refractivity contribution in [3.8, 4) is 0 Å². The maximum Gasteiger partial charge on any atom is 0.312 e. The number of carbonyl (C=O) groups is 3. The second-order valence-electron chi connectivity index (χ2n) is 9.73. The number of carboxylic acids is 1. The first-order valence-corrected chi connectivity index (χ1v) is 14.5. The number of aliphatic carboxylic acids is 1. The first kappa shape index (κ1) is 31.1. The third kappa shape index (κ3) is 8.60. The predicted octanol–water partition coefficient (Wildman–Crippen LogP) is 5.72. The number of hydrogen-bond acceptors (Lipinski definition) is 4. The fourth-order valence-corrected chi connectivity index (χ4v) is 10.5. The maximum absolute atomic E-state index is 12.3. The van der Waals surface area contributed by atoms with E-state index in [2.05, 4.69) is 46.9 Å². The fourth-order valence-electron chi connectivity index (χ4n) is 5.00. The molecule has 0 saturated carbocycles. The average molecular weight is 516 g/mol. The lowest BCUT2D eigenvalue weighted by Gasteiger charge is -2.42. The second-order valence-corrected chi connectivity index (χ2v) is 15.2. The molecule has 3 N–H and O–H groups in total. The van der Waals surface area contributed by atoms with Crippen molar-refractivity contribution in [2.24, 2.45) is 0 Å². The Morgan fingerprint density at radius 1 is 0.917 bits per heavy atom.